The van der Waals surface area contributed by atoms with E-state index in [9.17, 15) is 8.42 Å². The number of aromatic nitrogens is 1. The predicted molar refractivity (Wildman–Crippen MR) is 101 cm³/mol. The molecule has 0 aliphatic carbocycles. The first-order chi connectivity index (χ1) is 12.6. The second-order valence-electron chi connectivity index (χ2n) is 6.41. The quantitative estimate of drug-likeness (QED) is 0.710. The first kappa shape index (κ1) is 17.0. The molecule has 1 aromatic heterocycles. The van der Waals surface area contributed by atoms with Crippen LogP contribution >= 0.6 is 0 Å². The molecule has 5 nitrogen and oxygen atoms in total. The fourth-order valence-corrected chi connectivity index (χ4v) is 4.77. The maximum absolute atomic E-state index is 13.3. The fourth-order valence-electron chi connectivity index (χ4n) is 3.31. The Bertz CT molecular complexity index is 1040. The highest BCUT2D eigenvalue weighted by atomic mass is 32.2. The number of nitrogens with zero attached hydrogens (tertiary/aromatic N) is 2. The van der Waals surface area contributed by atoms with Crippen molar-refractivity contribution in [3.05, 3.63) is 60.3 Å². The van der Waals surface area contributed by atoms with Gasteiger partial charge in [0.15, 0.2) is 0 Å². The molecule has 0 unspecified atom stereocenters. The third kappa shape index (κ3) is 2.95. The number of ether oxygens (including phenoxy) is 1. The van der Waals surface area contributed by atoms with Crippen molar-refractivity contribution >= 4 is 26.4 Å². The summed E-state index contributed by atoms with van der Waals surface area (Å²) in [4.78, 5) is 7.07. The van der Waals surface area contributed by atoms with Gasteiger partial charge in [0.25, 0.3) is 0 Å². The van der Waals surface area contributed by atoms with Crippen molar-refractivity contribution in [2.45, 2.75) is 16.7 Å². The van der Waals surface area contributed by atoms with Crippen LogP contribution in [-0.2, 0) is 14.6 Å². The minimum absolute atomic E-state index is 0.253. The van der Waals surface area contributed by atoms with Crippen molar-refractivity contribution in [2.75, 3.05) is 31.2 Å². The molecule has 0 spiro atoms. The molecule has 0 radical (unpaired) electrons. The Kier molecular flexibility index (Phi) is 4.38. The second kappa shape index (κ2) is 6.70. The van der Waals surface area contributed by atoms with E-state index < -0.39 is 9.84 Å². The summed E-state index contributed by atoms with van der Waals surface area (Å²) < 4.78 is 32.1. The highest BCUT2D eigenvalue weighted by molar-refractivity contribution is 7.91. The van der Waals surface area contributed by atoms with Gasteiger partial charge in [0.05, 0.1) is 29.3 Å². The molecule has 2 aromatic carbocycles. The summed E-state index contributed by atoms with van der Waals surface area (Å²) in [6.07, 6.45) is 1.49. The first-order valence-corrected chi connectivity index (χ1v) is 10.1. The summed E-state index contributed by atoms with van der Waals surface area (Å²) in [6, 6.07) is 14.5. The molecule has 6 heteroatoms. The van der Waals surface area contributed by atoms with Crippen molar-refractivity contribution in [3.8, 4) is 0 Å². The maximum Gasteiger partial charge on any atom is 0.210 e. The highest BCUT2D eigenvalue weighted by Gasteiger charge is 2.27. The van der Waals surface area contributed by atoms with Gasteiger partial charge in [-0.1, -0.05) is 29.8 Å². The zero-order chi connectivity index (χ0) is 18.1. The fraction of sp³-hybridized carbons (Fsp3) is 0.250. The molecular formula is C20H20N2O3S. The average molecular weight is 368 g/mol. The van der Waals surface area contributed by atoms with E-state index in [1.54, 1.807) is 24.3 Å². The summed E-state index contributed by atoms with van der Waals surface area (Å²) >= 11 is 0. The van der Waals surface area contributed by atoms with Crippen molar-refractivity contribution in [1.29, 1.82) is 0 Å². The largest absolute Gasteiger partial charge is 0.378 e. The lowest BCUT2D eigenvalue weighted by atomic mass is 10.1. The van der Waals surface area contributed by atoms with Crippen LogP contribution in [0.2, 0.25) is 0 Å². The molecule has 134 valence electrons. The van der Waals surface area contributed by atoms with Crippen LogP contribution in [0.25, 0.3) is 10.9 Å². The summed E-state index contributed by atoms with van der Waals surface area (Å²) in [5.74, 6) is 0. The summed E-state index contributed by atoms with van der Waals surface area (Å²) in [5, 5.41) is 0.865. The highest BCUT2D eigenvalue weighted by Crippen LogP contribution is 2.36. The molecule has 26 heavy (non-hydrogen) atoms. The number of hydrogen-bond donors (Lipinski definition) is 0. The number of pyridine rings is 1. The SMILES string of the molecule is Cc1ccc2ncc(S(=O)(=O)c3ccccc3)c(N3CCOCC3)c2c1. The van der Waals surface area contributed by atoms with Crippen LogP contribution in [-0.4, -0.2) is 39.7 Å². The van der Waals surface area contributed by atoms with Crippen LogP contribution < -0.4 is 4.90 Å². The molecular weight excluding hydrogens is 348 g/mol. The average Bonchev–Trinajstić information content (AvgIpc) is 2.68. The number of anilines is 1. The van der Waals surface area contributed by atoms with Gasteiger partial charge in [0.1, 0.15) is 4.90 Å². The van der Waals surface area contributed by atoms with Crippen molar-refractivity contribution < 1.29 is 13.2 Å². The summed E-state index contributed by atoms with van der Waals surface area (Å²) in [5.41, 5.74) is 2.60. The number of morpholine rings is 1. The van der Waals surface area contributed by atoms with Crippen molar-refractivity contribution in [3.63, 3.8) is 0 Å². The third-order valence-corrected chi connectivity index (χ3v) is 6.40. The molecule has 0 N–H and O–H groups in total. The van der Waals surface area contributed by atoms with E-state index in [1.165, 1.54) is 6.20 Å². The number of benzene rings is 2. The number of rotatable bonds is 3. The molecule has 0 atom stereocenters. The molecule has 2 heterocycles. The number of sulfone groups is 1. The van der Waals surface area contributed by atoms with E-state index in [4.69, 9.17) is 4.74 Å². The van der Waals surface area contributed by atoms with Gasteiger partial charge in [-0.05, 0) is 31.2 Å². The van der Waals surface area contributed by atoms with E-state index in [0.29, 0.717) is 26.3 Å². The van der Waals surface area contributed by atoms with Gasteiger partial charge in [0.2, 0.25) is 9.84 Å². The molecule has 1 saturated heterocycles. The lowest BCUT2D eigenvalue weighted by Gasteiger charge is -2.31. The molecule has 0 amide bonds. The number of hydrogen-bond acceptors (Lipinski definition) is 5. The molecule has 4 rings (SSSR count). The van der Waals surface area contributed by atoms with E-state index in [0.717, 1.165) is 22.2 Å². The first-order valence-electron chi connectivity index (χ1n) is 8.59. The van der Waals surface area contributed by atoms with Gasteiger partial charge < -0.3 is 9.64 Å². The van der Waals surface area contributed by atoms with Gasteiger partial charge in [-0.15, -0.1) is 0 Å². The van der Waals surface area contributed by atoms with Crippen molar-refractivity contribution in [2.24, 2.45) is 0 Å². The van der Waals surface area contributed by atoms with Crippen LogP contribution in [0.1, 0.15) is 5.56 Å². The Morgan fingerprint density at radius 3 is 2.50 bits per heavy atom. The van der Waals surface area contributed by atoms with Crippen LogP contribution in [0.5, 0.6) is 0 Å². The Balaban J connectivity index is 2.00. The van der Waals surface area contributed by atoms with E-state index >= 15 is 0 Å². The smallest absolute Gasteiger partial charge is 0.210 e. The summed E-state index contributed by atoms with van der Waals surface area (Å²) in [6.45, 7) is 4.48. The number of aryl methyl sites for hydroxylation is 1. The van der Waals surface area contributed by atoms with Gasteiger partial charge >= 0.3 is 0 Å². The van der Waals surface area contributed by atoms with Gasteiger partial charge in [-0.25, -0.2) is 8.42 Å². The van der Waals surface area contributed by atoms with E-state index in [1.807, 2.05) is 31.2 Å². The predicted octanol–water partition coefficient (Wildman–Crippen LogP) is 3.21. The lowest BCUT2D eigenvalue weighted by Crippen LogP contribution is -2.37. The second-order valence-corrected chi connectivity index (χ2v) is 8.33. The standard InChI is InChI=1S/C20H20N2O3S/c1-15-7-8-18-17(13-15)20(22-9-11-25-12-10-22)19(14-21-18)26(23,24)16-5-3-2-4-6-16/h2-8,13-14H,9-12H2,1H3. The minimum Gasteiger partial charge on any atom is -0.378 e. The minimum atomic E-state index is -3.67. The topological polar surface area (TPSA) is 59.5 Å². The number of fused-ring (bicyclic) bond motifs is 1. The Labute approximate surface area is 153 Å². The van der Waals surface area contributed by atoms with Gasteiger partial charge in [-0.2, -0.15) is 0 Å². The van der Waals surface area contributed by atoms with Crippen LogP contribution in [0.3, 0.4) is 0 Å². The van der Waals surface area contributed by atoms with Crippen LogP contribution in [0, 0.1) is 6.92 Å². The third-order valence-electron chi connectivity index (χ3n) is 4.63. The molecule has 0 saturated carbocycles. The Morgan fingerprint density at radius 1 is 1.04 bits per heavy atom. The van der Waals surface area contributed by atoms with Crippen LogP contribution in [0.4, 0.5) is 5.69 Å². The van der Waals surface area contributed by atoms with Gasteiger partial charge in [0, 0.05) is 24.7 Å². The van der Waals surface area contributed by atoms with E-state index in [-0.39, 0.29) is 9.79 Å². The molecule has 1 fully saturated rings. The lowest BCUT2D eigenvalue weighted by molar-refractivity contribution is 0.122. The zero-order valence-electron chi connectivity index (χ0n) is 14.6. The van der Waals surface area contributed by atoms with Gasteiger partial charge in [-0.3, -0.25) is 4.98 Å². The monoisotopic (exact) mass is 368 g/mol. The van der Waals surface area contributed by atoms with Crippen molar-refractivity contribution in [1.82, 2.24) is 4.98 Å². The zero-order valence-corrected chi connectivity index (χ0v) is 15.4. The maximum atomic E-state index is 13.3. The Morgan fingerprint density at radius 2 is 1.77 bits per heavy atom. The normalized spacial score (nSPS) is 15.3. The molecule has 0 bridgehead atoms. The molecule has 3 aromatic rings. The molecule has 1 aliphatic heterocycles. The summed E-state index contributed by atoms with van der Waals surface area (Å²) in [7, 11) is -3.67. The molecule has 1 aliphatic rings. The van der Waals surface area contributed by atoms with Crippen LogP contribution in [0.15, 0.2) is 64.5 Å². The Hall–Kier alpha value is -2.44. The van der Waals surface area contributed by atoms with E-state index in [2.05, 4.69) is 9.88 Å².